The van der Waals surface area contributed by atoms with Crippen LogP contribution in [-0.2, 0) is 4.79 Å². The molecule has 1 heterocycles. The van der Waals surface area contributed by atoms with Gasteiger partial charge in [0.15, 0.2) is 0 Å². The van der Waals surface area contributed by atoms with Gasteiger partial charge in [-0.2, -0.15) is 0 Å². The largest absolute Gasteiger partial charge is 0.339 e. The van der Waals surface area contributed by atoms with Gasteiger partial charge in [-0.25, -0.2) is 0 Å². The van der Waals surface area contributed by atoms with Crippen LogP contribution < -0.4 is 5.73 Å². The lowest BCUT2D eigenvalue weighted by Crippen LogP contribution is -2.35. The number of nitrogens with zero attached hydrogens (tertiary/aromatic N) is 1. The molecule has 124 valence electrons. The fraction of sp³-hybridized carbons (Fsp3) is 0.562. The van der Waals surface area contributed by atoms with Crippen LogP contribution in [0.15, 0.2) is 21.5 Å². The zero-order chi connectivity index (χ0) is 15.6. The molecule has 2 N–H and O–H groups in total. The first-order valence-corrected chi connectivity index (χ1v) is 9.09. The van der Waals surface area contributed by atoms with E-state index in [-0.39, 0.29) is 18.3 Å². The SMILES string of the molecule is Cc1cc(SCC(=O)N2CC(CN)CC2C)c(C)cc1Br.Cl. The zero-order valence-corrected chi connectivity index (χ0v) is 16.5. The first-order valence-electron chi connectivity index (χ1n) is 7.31. The van der Waals surface area contributed by atoms with Crippen LogP contribution in [-0.4, -0.2) is 35.7 Å². The summed E-state index contributed by atoms with van der Waals surface area (Å²) < 4.78 is 1.12. The number of likely N-dealkylation sites (tertiary alicyclic amines) is 1. The van der Waals surface area contributed by atoms with E-state index in [2.05, 4.69) is 48.8 Å². The van der Waals surface area contributed by atoms with E-state index in [4.69, 9.17) is 5.73 Å². The Morgan fingerprint density at radius 2 is 2.09 bits per heavy atom. The van der Waals surface area contributed by atoms with Crippen LogP contribution in [0.25, 0.3) is 0 Å². The molecule has 2 rings (SSSR count). The Bertz CT molecular complexity index is 541. The third-order valence-electron chi connectivity index (χ3n) is 4.12. The molecule has 2 unspecified atom stereocenters. The van der Waals surface area contributed by atoms with Crippen molar-refractivity contribution in [2.75, 3.05) is 18.8 Å². The highest BCUT2D eigenvalue weighted by atomic mass is 79.9. The number of thioether (sulfide) groups is 1. The first-order chi connectivity index (χ1) is 9.92. The molecule has 0 saturated carbocycles. The van der Waals surface area contributed by atoms with Gasteiger partial charge in [-0.05, 0) is 62.9 Å². The summed E-state index contributed by atoms with van der Waals surface area (Å²) >= 11 is 5.17. The average Bonchev–Trinajstić information content (AvgIpc) is 2.82. The molecule has 1 aliphatic rings. The topological polar surface area (TPSA) is 46.3 Å². The predicted octanol–water partition coefficient (Wildman–Crippen LogP) is 3.78. The second-order valence-corrected chi connectivity index (χ2v) is 7.76. The zero-order valence-electron chi connectivity index (χ0n) is 13.3. The minimum absolute atomic E-state index is 0. The van der Waals surface area contributed by atoms with Gasteiger partial charge >= 0.3 is 0 Å². The molecule has 1 amide bonds. The standard InChI is InChI=1S/C16H23BrN2OS.ClH/c1-10-5-15(11(2)4-14(10)17)21-9-16(20)19-8-13(7-18)6-12(19)3;/h4-5,12-13H,6-9,18H2,1-3H3;1H. The maximum absolute atomic E-state index is 12.4. The van der Waals surface area contributed by atoms with Crippen molar-refractivity contribution in [1.29, 1.82) is 0 Å². The monoisotopic (exact) mass is 406 g/mol. The fourth-order valence-electron chi connectivity index (χ4n) is 2.79. The van der Waals surface area contributed by atoms with Crippen molar-refractivity contribution in [2.24, 2.45) is 11.7 Å². The summed E-state index contributed by atoms with van der Waals surface area (Å²) in [6.45, 7) is 7.76. The Balaban J connectivity index is 0.00000242. The number of carbonyl (C=O) groups is 1. The number of rotatable bonds is 4. The van der Waals surface area contributed by atoms with E-state index >= 15 is 0 Å². The van der Waals surface area contributed by atoms with Crippen LogP contribution >= 0.6 is 40.1 Å². The van der Waals surface area contributed by atoms with Crippen LogP contribution in [0.5, 0.6) is 0 Å². The second kappa shape index (κ2) is 8.57. The molecule has 6 heteroatoms. The first kappa shape index (κ1) is 19.8. The summed E-state index contributed by atoms with van der Waals surface area (Å²) in [4.78, 5) is 15.6. The number of aryl methyl sites for hydroxylation is 2. The molecule has 22 heavy (non-hydrogen) atoms. The molecular formula is C16H24BrClN2OS. The lowest BCUT2D eigenvalue weighted by atomic mass is 10.1. The molecule has 0 aliphatic carbocycles. The van der Waals surface area contributed by atoms with Crippen molar-refractivity contribution in [3.05, 3.63) is 27.7 Å². The molecule has 1 saturated heterocycles. The third kappa shape index (κ3) is 4.63. The van der Waals surface area contributed by atoms with Gasteiger partial charge in [0, 0.05) is 22.0 Å². The predicted molar refractivity (Wildman–Crippen MR) is 99.9 cm³/mol. The van der Waals surface area contributed by atoms with Gasteiger partial charge < -0.3 is 10.6 Å². The molecular weight excluding hydrogens is 384 g/mol. The smallest absolute Gasteiger partial charge is 0.233 e. The van der Waals surface area contributed by atoms with Gasteiger partial charge in [0.1, 0.15) is 0 Å². The van der Waals surface area contributed by atoms with Crippen molar-refractivity contribution < 1.29 is 4.79 Å². The third-order valence-corrected chi connectivity index (χ3v) is 6.12. The van der Waals surface area contributed by atoms with Gasteiger partial charge in [0.05, 0.1) is 5.75 Å². The van der Waals surface area contributed by atoms with Crippen LogP contribution in [0.4, 0.5) is 0 Å². The maximum atomic E-state index is 12.4. The number of carbonyl (C=O) groups excluding carboxylic acids is 1. The van der Waals surface area contributed by atoms with Crippen molar-refractivity contribution in [2.45, 2.75) is 38.1 Å². The summed E-state index contributed by atoms with van der Waals surface area (Å²) in [5, 5.41) is 0. The number of amides is 1. The van der Waals surface area contributed by atoms with Crippen molar-refractivity contribution >= 4 is 46.0 Å². The Kier molecular flexibility index (Phi) is 7.72. The van der Waals surface area contributed by atoms with Crippen LogP contribution in [0, 0.1) is 19.8 Å². The Morgan fingerprint density at radius 1 is 1.41 bits per heavy atom. The number of halogens is 2. The van der Waals surface area contributed by atoms with Crippen LogP contribution in [0.2, 0.25) is 0 Å². The van der Waals surface area contributed by atoms with E-state index in [1.54, 1.807) is 11.8 Å². The van der Waals surface area contributed by atoms with E-state index in [9.17, 15) is 4.79 Å². The number of benzene rings is 1. The highest BCUT2D eigenvalue weighted by Crippen LogP contribution is 2.29. The van der Waals surface area contributed by atoms with Crippen molar-refractivity contribution in [3.8, 4) is 0 Å². The number of hydrogen-bond donors (Lipinski definition) is 1. The molecule has 0 bridgehead atoms. The second-order valence-electron chi connectivity index (χ2n) is 5.89. The van der Waals surface area contributed by atoms with Crippen LogP contribution in [0.3, 0.4) is 0 Å². The molecule has 2 atom stereocenters. The lowest BCUT2D eigenvalue weighted by molar-refractivity contribution is -0.128. The molecule has 0 radical (unpaired) electrons. The normalized spacial score (nSPS) is 20.9. The van der Waals surface area contributed by atoms with E-state index in [1.807, 2.05) is 4.90 Å². The Labute approximate surface area is 151 Å². The van der Waals surface area contributed by atoms with E-state index in [0.29, 0.717) is 24.3 Å². The minimum atomic E-state index is 0. The molecule has 0 spiro atoms. The summed E-state index contributed by atoms with van der Waals surface area (Å²) in [5.41, 5.74) is 8.14. The highest BCUT2D eigenvalue weighted by Gasteiger charge is 2.31. The quantitative estimate of drug-likeness (QED) is 0.773. The molecule has 0 aromatic heterocycles. The molecule has 3 nitrogen and oxygen atoms in total. The number of hydrogen-bond acceptors (Lipinski definition) is 3. The number of nitrogens with two attached hydrogens (primary N) is 1. The minimum Gasteiger partial charge on any atom is -0.339 e. The molecule has 1 aromatic rings. The molecule has 1 fully saturated rings. The lowest BCUT2D eigenvalue weighted by Gasteiger charge is -2.21. The van der Waals surface area contributed by atoms with E-state index < -0.39 is 0 Å². The molecule has 1 aromatic carbocycles. The van der Waals surface area contributed by atoms with Gasteiger partial charge in [-0.3, -0.25) is 4.79 Å². The van der Waals surface area contributed by atoms with Crippen molar-refractivity contribution in [3.63, 3.8) is 0 Å². The summed E-state index contributed by atoms with van der Waals surface area (Å²) in [7, 11) is 0. The average molecular weight is 408 g/mol. The van der Waals surface area contributed by atoms with E-state index in [1.165, 1.54) is 16.0 Å². The van der Waals surface area contributed by atoms with Crippen molar-refractivity contribution in [1.82, 2.24) is 4.90 Å². The van der Waals surface area contributed by atoms with Gasteiger partial charge in [0.2, 0.25) is 5.91 Å². The Hall–Kier alpha value is -0.230. The van der Waals surface area contributed by atoms with Gasteiger partial charge in [0.25, 0.3) is 0 Å². The van der Waals surface area contributed by atoms with Gasteiger partial charge in [-0.15, -0.1) is 24.2 Å². The van der Waals surface area contributed by atoms with E-state index in [0.717, 1.165) is 17.4 Å². The molecule has 1 aliphatic heterocycles. The highest BCUT2D eigenvalue weighted by molar-refractivity contribution is 9.10. The maximum Gasteiger partial charge on any atom is 0.233 e. The summed E-state index contributed by atoms with van der Waals surface area (Å²) in [6.07, 6.45) is 1.03. The van der Waals surface area contributed by atoms with Crippen LogP contribution in [0.1, 0.15) is 24.5 Å². The summed E-state index contributed by atoms with van der Waals surface area (Å²) in [5.74, 6) is 1.19. The Morgan fingerprint density at radius 3 is 2.68 bits per heavy atom. The fourth-order valence-corrected chi connectivity index (χ4v) is 4.24. The summed E-state index contributed by atoms with van der Waals surface area (Å²) in [6, 6.07) is 4.58. The van der Waals surface area contributed by atoms with Gasteiger partial charge in [-0.1, -0.05) is 15.9 Å².